The normalized spacial score (nSPS) is 10.6. The minimum atomic E-state index is -0.155. The highest BCUT2D eigenvalue weighted by Crippen LogP contribution is 2.23. The van der Waals surface area contributed by atoms with E-state index in [4.69, 9.17) is 9.47 Å². The topological polar surface area (TPSA) is 47.6 Å². The van der Waals surface area contributed by atoms with E-state index in [0.29, 0.717) is 24.8 Å². The van der Waals surface area contributed by atoms with Crippen molar-refractivity contribution in [1.29, 1.82) is 0 Å². The molecule has 2 aromatic rings. The summed E-state index contributed by atoms with van der Waals surface area (Å²) in [6.07, 6.45) is 0. The van der Waals surface area contributed by atoms with Gasteiger partial charge >= 0.3 is 0 Å². The summed E-state index contributed by atoms with van der Waals surface area (Å²) in [7, 11) is 0. The van der Waals surface area contributed by atoms with Crippen LogP contribution in [0.3, 0.4) is 0 Å². The van der Waals surface area contributed by atoms with Gasteiger partial charge in [-0.1, -0.05) is 37.6 Å². The molecule has 0 spiro atoms. The summed E-state index contributed by atoms with van der Waals surface area (Å²) in [5.74, 6) is 1.84. The van der Waals surface area contributed by atoms with Gasteiger partial charge in [-0.2, -0.15) is 0 Å². The van der Waals surface area contributed by atoms with Crippen molar-refractivity contribution >= 4 is 5.91 Å². The maximum absolute atomic E-state index is 11.8. The maximum atomic E-state index is 11.8. The van der Waals surface area contributed by atoms with E-state index in [0.717, 1.165) is 5.75 Å². The molecule has 4 heteroatoms. The second-order valence-corrected chi connectivity index (χ2v) is 6.47. The van der Waals surface area contributed by atoms with Crippen molar-refractivity contribution < 1.29 is 14.3 Å². The summed E-state index contributed by atoms with van der Waals surface area (Å²) in [6.45, 7) is 9.29. The van der Waals surface area contributed by atoms with Crippen LogP contribution in [0.25, 0.3) is 0 Å². The molecule has 0 atom stereocenters. The third-order valence-electron chi connectivity index (χ3n) is 3.95. The van der Waals surface area contributed by atoms with Crippen molar-refractivity contribution in [2.75, 3.05) is 19.8 Å². The molecule has 25 heavy (non-hydrogen) atoms. The molecule has 0 aliphatic carbocycles. The zero-order valence-corrected chi connectivity index (χ0v) is 15.5. The van der Waals surface area contributed by atoms with Crippen LogP contribution in [0.5, 0.6) is 11.5 Å². The summed E-state index contributed by atoms with van der Waals surface area (Å²) < 4.78 is 11.1. The van der Waals surface area contributed by atoms with Crippen LogP contribution in [0, 0.1) is 13.8 Å². The van der Waals surface area contributed by atoms with E-state index in [1.807, 2.05) is 43.3 Å². The summed E-state index contributed by atoms with van der Waals surface area (Å²) in [5, 5.41) is 2.79. The molecule has 134 valence electrons. The first-order valence-corrected chi connectivity index (χ1v) is 8.65. The number of carbonyl (C=O) groups is 1. The molecule has 2 rings (SSSR count). The number of aryl methyl sites for hydroxylation is 2. The van der Waals surface area contributed by atoms with Gasteiger partial charge in [0.15, 0.2) is 6.61 Å². The molecule has 0 fully saturated rings. The zero-order chi connectivity index (χ0) is 18.2. The van der Waals surface area contributed by atoms with Crippen LogP contribution in [-0.2, 0) is 4.79 Å². The van der Waals surface area contributed by atoms with Gasteiger partial charge < -0.3 is 14.8 Å². The molecular weight excluding hydrogens is 314 g/mol. The predicted molar refractivity (Wildman–Crippen MR) is 100 cm³/mol. The Balaban J connectivity index is 1.68. The van der Waals surface area contributed by atoms with Gasteiger partial charge in [0.25, 0.3) is 5.91 Å². The van der Waals surface area contributed by atoms with E-state index in [9.17, 15) is 4.79 Å². The number of hydrogen-bond donors (Lipinski definition) is 1. The average molecular weight is 341 g/mol. The standard InChI is InChI=1S/C21H27NO3/c1-15(2)20-10-9-19(13-17(20)4)25-14-21(23)22-11-12-24-18-7-5-16(3)6-8-18/h5-10,13,15H,11-12,14H2,1-4H3,(H,22,23). The van der Waals surface area contributed by atoms with Gasteiger partial charge in [-0.05, 0) is 55.2 Å². The molecule has 4 nitrogen and oxygen atoms in total. The molecule has 0 bridgehead atoms. The first-order valence-electron chi connectivity index (χ1n) is 8.65. The maximum Gasteiger partial charge on any atom is 0.258 e. The lowest BCUT2D eigenvalue weighted by Gasteiger charge is -2.12. The molecule has 0 aliphatic heterocycles. The Bertz CT molecular complexity index is 693. The van der Waals surface area contributed by atoms with Gasteiger partial charge in [-0.15, -0.1) is 0 Å². The molecule has 0 heterocycles. The minimum Gasteiger partial charge on any atom is -0.492 e. The number of nitrogens with one attached hydrogen (secondary N) is 1. The van der Waals surface area contributed by atoms with Crippen LogP contribution >= 0.6 is 0 Å². The lowest BCUT2D eigenvalue weighted by molar-refractivity contribution is -0.123. The molecule has 1 amide bonds. The van der Waals surface area contributed by atoms with Crippen LogP contribution in [-0.4, -0.2) is 25.7 Å². The monoisotopic (exact) mass is 341 g/mol. The molecular formula is C21H27NO3. The molecule has 0 aliphatic rings. The van der Waals surface area contributed by atoms with Crippen molar-refractivity contribution in [2.45, 2.75) is 33.6 Å². The second-order valence-electron chi connectivity index (χ2n) is 6.47. The van der Waals surface area contributed by atoms with E-state index in [1.165, 1.54) is 16.7 Å². The quantitative estimate of drug-likeness (QED) is 0.738. The Morgan fingerprint density at radius 2 is 1.68 bits per heavy atom. The fourth-order valence-electron chi connectivity index (χ4n) is 2.58. The van der Waals surface area contributed by atoms with E-state index >= 15 is 0 Å². The van der Waals surface area contributed by atoms with Crippen LogP contribution in [0.4, 0.5) is 0 Å². The van der Waals surface area contributed by atoms with Gasteiger partial charge in [0.1, 0.15) is 18.1 Å². The van der Waals surface area contributed by atoms with E-state index < -0.39 is 0 Å². The van der Waals surface area contributed by atoms with Gasteiger partial charge in [-0.25, -0.2) is 0 Å². The minimum absolute atomic E-state index is 0.00496. The molecule has 1 N–H and O–H groups in total. The Labute approximate surface area is 150 Å². The first-order chi connectivity index (χ1) is 12.0. The third kappa shape index (κ3) is 6.14. The molecule has 0 saturated heterocycles. The smallest absolute Gasteiger partial charge is 0.258 e. The number of amides is 1. The van der Waals surface area contributed by atoms with Crippen molar-refractivity contribution in [3.8, 4) is 11.5 Å². The summed E-state index contributed by atoms with van der Waals surface area (Å²) in [5.41, 5.74) is 3.67. The Morgan fingerprint density at radius 1 is 1.00 bits per heavy atom. The van der Waals surface area contributed by atoms with Crippen LogP contribution in [0.1, 0.15) is 36.5 Å². The van der Waals surface area contributed by atoms with Gasteiger partial charge in [0.05, 0.1) is 6.54 Å². The fourth-order valence-corrected chi connectivity index (χ4v) is 2.58. The van der Waals surface area contributed by atoms with Crippen molar-refractivity contribution in [3.05, 3.63) is 59.2 Å². The Hall–Kier alpha value is -2.49. The van der Waals surface area contributed by atoms with Gasteiger partial charge in [0.2, 0.25) is 0 Å². The highest BCUT2D eigenvalue weighted by atomic mass is 16.5. The Morgan fingerprint density at radius 3 is 2.32 bits per heavy atom. The van der Waals surface area contributed by atoms with Gasteiger partial charge in [0, 0.05) is 0 Å². The summed E-state index contributed by atoms with van der Waals surface area (Å²) in [4.78, 5) is 11.8. The Kier molecular flexibility index (Phi) is 6.87. The zero-order valence-electron chi connectivity index (χ0n) is 15.5. The molecule has 0 aromatic heterocycles. The number of benzene rings is 2. The highest BCUT2D eigenvalue weighted by molar-refractivity contribution is 5.77. The van der Waals surface area contributed by atoms with Crippen LogP contribution < -0.4 is 14.8 Å². The number of rotatable bonds is 8. The van der Waals surface area contributed by atoms with Crippen molar-refractivity contribution in [3.63, 3.8) is 0 Å². The number of carbonyl (C=O) groups excluding carboxylic acids is 1. The van der Waals surface area contributed by atoms with Crippen molar-refractivity contribution in [1.82, 2.24) is 5.32 Å². The predicted octanol–water partition coefficient (Wildman–Crippen LogP) is 4.00. The second kappa shape index (κ2) is 9.11. The molecule has 2 aromatic carbocycles. The first kappa shape index (κ1) is 18.8. The SMILES string of the molecule is Cc1ccc(OCCNC(=O)COc2ccc(C(C)C)c(C)c2)cc1. The van der Waals surface area contributed by atoms with Crippen molar-refractivity contribution in [2.24, 2.45) is 0 Å². The van der Waals surface area contributed by atoms with Gasteiger partial charge in [-0.3, -0.25) is 4.79 Å². The molecule has 0 radical (unpaired) electrons. The molecule has 0 saturated carbocycles. The third-order valence-corrected chi connectivity index (χ3v) is 3.95. The lowest BCUT2D eigenvalue weighted by atomic mass is 9.98. The fraction of sp³-hybridized carbons (Fsp3) is 0.381. The summed E-state index contributed by atoms with van der Waals surface area (Å²) in [6, 6.07) is 13.8. The summed E-state index contributed by atoms with van der Waals surface area (Å²) >= 11 is 0. The highest BCUT2D eigenvalue weighted by Gasteiger charge is 2.06. The largest absolute Gasteiger partial charge is 0.492 e. The van der Waals surface area contributed by atoms with Crippen LogP contribution in [0.15, 0.2) is 42.5 Å². The number of ether oxygens (including phenoxy) is 2. The average Bonchev–Trinajstić information content (AvgIpc) is 2.58. The molecule has 0 unspecified atom stereocenters. The lowest BCUT2D eigenvalue weighted by Crippen LogP contribution is -2.32. The van der Waals surface area contributed by atoms with E-state index in [1.54, 1.807) is 0 Å². The van der Waals surface area contributed by atoms with E-state index in [-0.39, 0.29) is 12.5 Å². The number of hydrogen-bond acceptors (Lipinski definition) is 3. The van der Waals surface area contributed by atoms with E-state index in [2.05, 4.69) is 32.2 Å². The van der Waals surface area contributed by atoms with Crippen LogP contribution in [0.2, 0.25) is 0 Å².